The third kappa shape index (κ3) is 11.5. The molecule has 1 heterocycles. The van der Waals surface area contributed by atoms with Gasteiger partial charge in [0.25, 0.3) is 0 Å². The predicted octanol–water partition coefficient (Wildman–Crippen LogP) is -2.74. The third-order valence-corrected chi connectivity index (χ3v) is 5.23. The van der Waals surface area contributed by atoms with Crippen LogP contribution in [-0.4, -0.2) is 87.9 Å². The van der Waals surface area contributed by atoms with E-state index >= 15 is 0 Å². The second kappa shape index (κ2) is 15.5. The standard InChI is InChI=1S/C19H33N9O5S/c1-34-6-4-12(20)16(30)25-9-15(29)27-14(7-11-8-23-10-26-11)17(31)28-13(18(32)33)3-2-5-24-19(21)22/h8,10,12-14H,2-7,9,20H2,1H3,(H,23,26)(H,25,30)(H,27,29)(H,28,31)(H,32,33)(H4,21,22,24). The molecule has 3 unspecified atom stereocenters. The van der Waals surface area contributed by atoms with Gasteiger partial charge < -0.3 is 43.2 Å². The Kier molecular flexibility index (Phi) is 13.1. The van der Waals surface area contributed by atoms with Gasteiger partial charge in [-0.1, -0.05) is 0 Å². The van der Waals surface area contributed by atoms with Gasteiger partial charge in [0.1, 0.15) is 12.1 Å². The fourth-order valence-corrected chi connectivity index (χ4v) is 3.27. The molecule has 0 saturated heterocycles. The number of carbonyl (C=O) groups excluding carboxylic acids is 3. The first-order chi connectivity index (χ1) is 16.1. The zero-order valence-corrected chi connectivity index (χ0v) is 19.8. The SMILES string of the molecule is CSCCC(N)C(=O)NCC(=O)NC(Cc1cnc[nH]1)C(=O)NC(CCCN=C(N)N)C(=O)O. The van der Waals surface area contributed by atoms with Crippen LogP contribution in [0.3, 0.4) is 0 Å². The second-order valence-electron chi connectivity index (χ2n) is 7.36. The molecule has 3 amide bonds. The van der Waals surface area contributed by atoms with Crippen LogP contribution >= 0.6 is 11.8 Å². The Morgan fingerprint density at radius 3 is 2.50 bits per heavy atom. The van der Waals surface area contributed by atoms with Crippen LogP contribution in [0.5, 0.6) is 0 Å². The van der Waals surface area contributed by atoms with Crippen LogP contribution in [0.4, 0.5) is 0 Å². The summed E-state index contributed by atoms with van der Waals surface area (Å²) in [6, 6.07) is -3.08. The molecule has 0 radical (unpaired) electrons. The summed E-state index contributed by atoms with van der Waals surface area (Å²) in [5, 5.41) is 16.8. The lowest BCUT2D eigenvalue weighted by molar-refractivity contribution is -0.142. The number of nitrogens with two attached hydrogens (primary N) is 3. The van der Waals surface area contributed by atoms with Gasteiger partial charge in [0.15, 0.2) is 5.96 Å². The van der Waals surface area contributed by atoms with E-state index in [0.717, 1.165) is 0 Å². The van der Waals surface area contributed by atoms with Gasteiger partial charge in [-0.25, -0.2) is 9.78 Å². The fourth-order valence-electron chi connectivity index (χ4n) is 2.78. The Morgan fingerprint density at radius 2 is 1.91 bits per heavy atom. The molecule has 14 nitrogen and oxygen atoms in total. The topological polar surface area (TPSA) is 244 Å². The van der Waals surface area contributed by atoms with Gasteiger partial charge >= 0.3 is 5.97 Å². The number of aromatic amines is 1. The van der Waals surface area contributed by atoms with Gasteiger partial charge in [-0.05, 0) is 31.3 Å². The predicted molar refractivity (Wildman–Crippen MR) is 128 cm³/mol. The normalized spacial score (nSPS) is 13.2. The largest absolute Gasteiger partial charge is 0.480 e. The molecule has 0 aromatic carbocycles. The summed E-state index contributed by atoms with van der Waals surface area (Å²) in [7, 11) is 0. The average molecular weight is 500 g/mol. The van der Waals surface area contributed by atoms with Crippen LogP contribution in [0.2, 0.25) is 0 Å². The molecule has 190 valence electrons. The number of aromatic nitrogens is 2. The number of carboxylic acids is 1. The van der Waals surface area contributed by atoms with Crippen LogP contribution < -0.4 is 33.2 Å². The van der Waals surface area contributed by atoms with Crippen molar-refractivity contribution in [3.63, 3.8) is 0 Å². The first-order valence-corrected chi connectivity index (χ1v) is 11.9. The molecule has 11 N–H and O–H groups in total. The average Bonchev–Trinajstić information content (AvgIpc) is 3.30. The van der Waals surface area contributed by atoms with E-state index in [1.54, 1.807) is 11.8 Å². The summed E-state index contributed by atoms with van der Waals surface area (Å²) in [6.07, 6.45) is 5.65. The summed E-state index contributed by atoms with van der Waals surface area (Å²) in [6.45, 7) is -0.186. The van der Waals surface area contributed by atoms with Crippen molar-refractivity contribution in [1.82, 2.24) is 25.9 Å². The van der Waals surface area contributed by atoms with E-state index in [-0.39, 0.29) is 31.9 Å². The van der Waals surface area contributed by atoms with E-state index in [0.29, 0.717) is 24.3 Å². The number of hydrogen-bond donors (Lipinski definition) is 8. The van der Waals surface area contributed by atoms with E-state index in [1.807, 2.05) is 6.26 Å². The minimum Gasteiger partial charge on any atom is -0.480 e. The molecule has 0 saturated carbocycles. The maximum Gasteiger partial charge on any atom is 0.326 e. The minimum absolute atomic E-state index is 0.0269. The van der Waals surface area contributed by atoms with Crippen molar-refractivity contribution in [1.29, 1.82) is 0 Å². The Bertz CT molecular complexity index is 830. The van der Waals surface area contributed by atoms with Crippen molar-refractivity contribution < 1.29 is 24.3 Å². The molecule has 0 aliphatic carbocycles. The summed E-state index contributed by atoms with van der Waals surface area (Å²) >= 11 is 1.55. The van der Waals surface area contributed by atoms with E-state index < -0.39 is 41.8 Å². The number of guanidine groups is 1. The minimum atomic E-state index is -1.24. The van der Waals surface area contributed by atoms with Crippen LogP contribution in [0.15, 0.2) is 17.5 Å². The van der Waals surface area contributed by atoms with Gasteiger partial charge in [-0.3, -0.25) is 19.4 Å². The van der Waals surface area contributed by atoms with E-state index in [9.17, 15) is 24.3 Å². The van der Waals surface area contributed by atoms with Gasteiger partial charge in [0.05, 0.1) is 18.9 Å². The second-order valence-corrected chi connectivity index (χ2v) is 8.34. The van der Waals surface area contributed by atoms with Gasteiger partial charge in [-0.15, -0.1) is 0 Å². The molecular formula is C19H33N9O5S. The maximum absolute atomic E-state index is 12.8. The molecule has 0 fully saturated rings. The smallest absolute Gasteiger partial charge is 0.326 e. The Hall–Kier alpha value is -3.33. The maximum atomic E-state index is 12.8. The lowest BCUT2D eigenvalue weighted by atomic mass is 10.1. The lowest BCUT2D eigenvalue weighted by Crippen LogP contribution is -2.54. The number of aliphatic carboxylic acids is 1. The first kappa shape index (κ1) is 28.7. The molecule has 1 rings (SSSR count). The lowest BCUT2D eigenvalue weighted by Gasteiger charge is -2.21. The third-order valence-electron chi connectivity index (χ3n) is 4.58. The van der Waals surface area contributed by atoms with Crippen molar-refractivity contribution in [2.24, 2.45) is 22.2 Å². The molecule has 3 atom stereocenters. The number of rotatable bonds is 16. The number of amides is 3. The first-order valence-electron chi connectivity index (χ1n) is 10.5. The Balaban J connectivity index is 2.74. The van der Waals surface area contributed by atoms with Crippen LogP contribution in [0, 0.1) is 0 Å². The number of nitrogens with zero attached hydrogens (tertiary/aromatic N) is 2. The highest BCUT2D eigenvalue weighted by atomic mass is 32.2. The summed E-state index contributed by atoms with van der Waals surface area (Å²) in [4.78, 5) is 59.3. The van der Waals surface area contributed by atoms with Gasteiger partial charge in [0, 0.05) is 24.9 Å². The molecule has 0 aliphatic heterocycles. The van der Waals surface area contributed by atoms with Gasteiger partial charge in [-0.2, -0.15) is 11.8 Å². The summed E-state index contributed by atoms with van der Waals surface area (Å²) in [5.74, 6) is -2.48. The zero-order chi connectivity index (χ0) is 25.5. The van der Waals surface area contributed by atoms with Crippen molar-refractivity contribution in [2.45, 2.75) is 43.8 Å². The van der Waals surface area contributed by atoms with Crippen LogP contribution in [0.25, 0.3) is 0 Å². The highest BCUT2D eigenvalue weighted by Gasteiger charge is 2.27. The number of imidazole rings is 1. The molecule has 1 aromatic heterocycles. The molecular weight excluding hydrogens is 466 g/mol. The molecule has 34 heavy (non-hydrogen) atoms. The number of nitrogens with one attached hydrogen (secondary N) is 4. The van der Waals surface area contributed by atoms with Crippen molar-refractivity contribution in [3.8, 4) is 0 Å². The summed E-state index contributed by atoms with van der Waals surface area (Å²) < 4.78 is 0. The Morgan fingerprint density at radius 1 is 1.18 bits per heavy atom. The van der Waals surface area contributed by atoms with E-state index in [1.165, 1.54) is 12.5 Å². The van der Waals surface area contributed by atoms with Crippen LogP contribution in [0.1, 0.15) is 25.0 Å². The summed E-state index contributed by atoms with van der Waals surface area (Å²) in [5.41, 5.74) is 16.8. The number of hydrogen-bond acceptors (Lipinski definition) is 8. The van der Waals surface area contributed by atoms with Crippen molar-refractivity contribution >= 4 is 41.4 Å². The van der Waals surface area contributed by atoms with E-state index in [2.05, 4.69) is 30.9 Å². The molecule has 0 spiro atoms. The highest BCUT2D eigenvalue weighted by molar-refractivity contribution is 7.98. The number of thioether (sulfide) groups is 1. The Labute approximate surface area is 201 Å². The number of H-pyrrole nitrogens is 1. The molecule has 0 bridgehead atoms. The molecule has 0 aliphatic rings. The number of carboxylic acid groups (broad SMARTS) is 1. The quantitative estimate of drug-likeness (QED) is 0.0662. The molecule has 15 heteroatoms. The van der Waals surface area contributed by atoms with Crippen molar-refractivity contribution in [2.75, 3.05) is 25.1 Å². The molecule has 1 aromatic rings. The number of carbonyl (C=O) groups is 4. The zero-order valence-electron chi connectivity index (χ0n) is 19.0. The monoisotopic (exact) mass is 499 g/mol. The van der Waals surface area contributed by atoms with Crippen LogP contribution in [-0.2, 0) is 25.6 Å². The van der Waals surface area contributed by atoms with Gasteiger partial charge in [0.2, 0.25) is 17.7 Å². The van der Waals surface area contributed by atoms with E-state index in [4.69, 9.17) is 17.2 Å². The highest BCUT2D eigenvalue weighted by Crippen LogP contribution is 2.03. The fraction of sp³-hybridized carbons (Fsp3) is 0.579. The van der Waals surface area contributed by atoms with Crippen molar-refractivity contribution in [3.05, 3.63) is 18.2 Å². The number of aliphatic imine (C=N–C) groups is 1.